The van der Waals surface area contributed by atoms with E-state index in [0.29, 0.717) is 6.42 Å². The Labute approximate surface area is 134 Å². The van der Waals surface area contributed by atoms with Crippen molar-refractivity contribution in [1.82, 2.24) is 9.80 Å². The molecule has 1 saturated heterocycles. The summed E-state index contributed by atoms with van der Waals surface area (Å²) >= 11 is 0. The van der Waals surface area contributed by atoms with Gasteiger partial charge in [-0.3, -0.25) is 0 Å². The van der Waals surface area contributed by atoms with E-state index in [9.17, 15) is 5.11 Å². The van der Waals surface area contributed by atoms with Crippen molar-refractivity contribution < 1.29 is 9.84 Å². The van der Waals surface area contributed by atoms with E-state index in [1.165, 1.54) is 0 Å². The van der Waals surface area contributed by atoms with Crippen LogP contribution in [0.2, 0.25) is 0 Å². The molecule has 1 heterocycles. The van der Waals surface area contributed by atoms with Crippen LogP contribution in [0, 0.1) is 5.92 Å². The van der Waals surface area contributed by atoms with Crippen LogP contribution in [0.25, 0.3) is 0 Å². The second-order valence-electron chi connectivity index (χ2n) is 6.51. The molecule has 124 valence electrons. The van der Waals surface area contributed by atoms with Crippen LogP contribution in [0.1, 0.15) is 25.8 Å². The van der Waals surface area contributed by atoms with Gasteiger partial charge in [-0.05, 0) is 31.2 Å². The zero-order valence-corrected chi connectivity index (χ0v) is 14.4. The Balaban J connectivity index is 2.06. The lowest BCUT2D eigenvalue weighted by Crippen LogP contribution is -2.48. The lowest BCUT2D eigenvalue weighted by Gasteiger charge is -2.39. The summed E-state index contributed by atoms with van der Waals surface area (Å²) in [5.74, 6) is 1.02. The number of rotatable bonds is 6. The van der Waals surface area contributed by atoms with E-state index in [1.807, 2.05) is 24.3 Å². The first-order valence-corrected chi connectivity index (χ1v) is 8.27. The lowest BCUT2D eigenvalue weighted by atomic mass is 9.80. The Kier molecular flexibility index (Phi) is 5.84. The highest BCUT2D eigenvalue weighted by atomic mass is 16.5. The van der Waals surface area contributed by atoms with Crippen molar-refractivity contribution in [3.63, 3.8) is 0 Å². The number of hydrogen-bond donors (Lipinski definition) is 1. The van der Waals surface area contributed by atoms with Gasteiger partial charge in [-0.1, -0.05) is 26.0 Å². The smallest absolute Gasteiger partial charge is 0.118 e. The van der Waals surface area contributed by atoms with Crippen molar-refractivity contribution in [2.75, 3.05) is 46.9 Å². The van der Waals surface area contributed by atoms with Gasteiger partial charge in [0.1, 0.15) is 5.75 Å². The molecule has 1 aromatic carbocycles. The van der Waals surface area contributed by atoms with Crippen LogP contribution in [-0.4, -0.2) is 61.8 Å². The summed E-state index contributed by atoms with van der Waals surface area (Å²) in [5, 5.41) is 11.2. The maximum absolute atomic E-state index is 11.2. The number of aliphatic hydroxyl groups is 1. The molecule has 0 spiro atoms. The van der Waals surface area contributed by atoms with E-state index in [2.05, 4.69) is 30.7 Å². The van der Waals surface area contributed by atoms with Crippen molar-refractivity contribution in [1.29, 1.82) is 0 Å². The molecular weight excluding hydrogens is 276 g/mol. The minimum atomic E-state index is -0.782. The molecule has 0 amide bonds. The van der Waals surface area contributed by atoms with Gasteiger partial charge in [0.2, 0.25) is 0 Å². The van der Waals surface area contributed by atoms with E-state index in [-0.39, 0.29) is 5.92 Å². The summed E-state index contributed by atoms with van der Waals surface area (Å²) in [7, 11) is 3.83. The fourth-order valence-corrected chi connectivity index (χ4v) is 3.29. The second-order valence-corrected chi connectivity index (χ2v) is 6.51. The van der Waals surface area contributed by atoms with Crippen LogP contribution in [0.15, 0.2) is 24.3 Å². The highest BCUT2D eigenvalue weighted by molar-refractivity contribution is 5.31. The van der Waals surface area contributed by atoms with Crippen LogP contribution in [0.3, 0.4) is 0 Å². The summed E-state index contributed by atoms with van der Waals surface area (Å²) < 4.78 is 5.21. The van der Waals surface area contributed by atoms with Crippen molar-refractivity contribution in [3.05, 3.63) is 29.8 Å². The predicted octanol–water partition coefficient (Wildman–Crippen LogP) is 2.18. The minimum Gasteiger partial charge on any atom is -0.497 e. The fourth-order valence-electron chi connectivity index (χ4n) is 3.29. The van der Waals surface area contributed by atoms with Crippen LogP contribution >= 0.6 is 0 Å². The number of piperazine rings is 1. The first-order chi connectivity index (χ1) is 10.5. The molecule has 4 heteroatoms. The summed E-state index contributed by atoms with van der Waals surface area (Å²) in [6.07, 6.45) is 0.717. The van der Waals surface area contributed by atoms with E-state index in [4.69, 9.17) is 4.74 Å². The van der Waals surface area contributed by atoms with Gasteiger partial charge in [0.25, 0.3) is 0 Å². The van der Waals surface area contributed by atoms with Gasteiger partial charge in [0.15, 0.2) is 0 Å². The van der Waals surface area contributed by atoms with E-state index in [1.54, 1.807) is 7.11 Å². The van der Waals surface area contributed by atoms with Crippen molar-refractivity contribution in [2.45, 2.75) is 25.9 Å². The Morgan fingerprint density at radius 1 is 1.18 bits per heavy atom. The lowest BCUT2D eigenvalue weighted by molar-refractivity contribution is -0.0371. The first-order valence-electron chi connectivity index (χ1n) is 8.27. The molecule has 2 unspecified atom stereocenters. The van der Waals surface area contributed by atoms with Gasteiger partial charge >= 0.3 is 0 Å². The third-order valence-corrected chi connectivity index (χ3v) is 5.07. The van der Waals surface area contributed by atoms with E-state index in [0.717, 1.165) is 44.0 Å². The third-order valence-electron chi connectivity index (χ3n) is 5.07. The van der Waals surface area contributed by atoms with Crippen LogP contribution in [0.4, 0.5) is 0 Å². The number of methoxy groups -OCH3 is 1. The van der Waals surface area contributed by atoms with Gasteiger partial charge in [0.05, 0.1) is 12.7 Å². The molecule has 4 nitrogen and oxygen atoms in total. The molecule has 0 radical (unpaired) electrons. The Morgan fingerprint density at radius 2 is 1.77 bits per heavy atom. The number of nitrogens with zero attached hydrogens (tertiary/aromatic N) is 2. The molecule has 22 heavy (non-hydrogen) atoms. The van der Waals surface area contributed by atoms with Gasteiger partial charge in [-0.2, -0.15) is 0 Å². The Morgan fingerprint density at radius 3 is 2.27 bits per heavy atom. The largest absolute Gasteiger partial charge is 0.497 e. The maximum atomic E-state index is 11.2. The number of likely N-dealkylation sites (N-methyl/N-ethyl adjacent to an activating group) is 1. The maximum Gasteiger partial charge on any atom is 0.118 e. The first kappa shape index (κ1) is 17.3. The van der Waals surface area contributed by atoms with Gasteiger partial charge in [-0.15, -0.1) is 0 Å². The van der Waals surface area contributed by atoms with E-state index < -0.39 is 5.60 Å². The summed E-state index contributed by atoms with van der Waals surface area (Å²) in [6.45, 7) is 9.55. The predicted molar refractivity (Wildman–Crippen MR) is 90.3 cm³/mol. The van der Waals surface area contributed by atoms with Gasteiger partial charge < -0.3 is 19.6 Å². The molecule has 0 aliphatic carbocycles. The normalized spacial score (nSPS) is 21.3. The van der Waals surface area contributed by atoms with E-state index >= 15 is 0 Å². The number of benzene rings is 1. The molecular formula is C18H30N2O2. The van der Waals surface area contributed by atoms with Gasteiger partial charge in [-0.25, -0.2) is 0 Å². The average Bonchev–Trinajstić information content (AvgIpc) is 2.56. The summed E-state index contributed by atoms with van der Waals surface area (Å²) in [5.41, 5.74) is 0.202. The van der Waals surface area contributed by atoms with Crippen molar-refractivity contribution >= 4 is 0 Å². The fraction of sp³-hybridized carbons (Fsp3) is 0.667. The molecule has 1 aliphatic rings. The molecule has 2 rings (SSSR count). The standard InChI is InChI=1S/C18H30N2O2/c1-5-18(21,16-6-8-17(22-4)9-7-16)15(2)14-20-12-10-19(3)11-13-20/h6-9,15,21H,5,10-14H2,1-4H3. The monoisotopic (exact) mass is 306 g/mol. The molecule has 1 aromatic rings. The zero-order chi connectivity index (χ0) is 16.2. The van der Waals surface area contributed by atoms with Crippen molar-refractivity contribution in [3.8, 4) is 5.75 Å². The topological polar surface area (TPSA) is 35.9 Å². The summed E-state index contributed by atoms with van der Waals surface area (Å²) in [6, 6.07) is 7.84. The third kappa shape index (κ3) is 3.80. The quantitative estimate of drug-likeness (QED) is 0.874. The minimum absolute atomic E-state index is 0.189. The van der Waals surface area contributed by atoms with Crippen LogP contribution in [-0.2, 0) is 5.60 Å². The molecule has 0 saturated carbocycles. The SMILES string of the molecule is CCC(O)(c1ccc(OC)cc1)C(C)CN1CCN(C)CC1. The molecule has 1 N–H and O–H groups in total. The zero-order valence-electron chi connectivity index (χ0n) is 14.4. The molecule has 1 aliphatic heterocycles. The second kappa shape index (κ2) is 7.44. The average molecular weight is 306 g/mol. The molecule has 0 bridgehead atoms. The van der Waals surface area contributed by atoms with Crippen molar-refractivity contribution in [2.24, 2.45) is 5.92 Å². The Bertz CT molecular complexity index is 455. The number of hydrogen-bond acceptors (Lipinski definition) is 4. The van der Waals surface area contributed by atoms with Gasteiger partial charge in [0, 0.05) is 38.6 Å². The Hall–Kier alpha value is -1.10. The summed E-state index contributed by atoms with van der Waals surface area (Å²) in [4.78, 5) is 4.82. The molecule has 2 atom stereocenters. The molecule has 1 fully saturated rings. The highest BCUT2D eigenvalue weighted by Crippen LogP contribution is 2.34. The van der Waals surface area contributed by atoms with Crippen LogP contribution in [0.5, 0.6) is 5.75 Å². The highest BCUT2D eigenvalue weighted by Gasteiger charge is 2.35. The van der Waals surface area contributed by atoms with Crippen LogP contribution < -0.4 is 4.74 Å². The molecule has 0 aromatic heterocycles. The number of ether oxygens (including phenoxy) is 1.